The van der Waals surface area contributed by atoms with Gasteiger partial charge in [-0.1, -0.05) is 46.8 Å². The number of ether oxygens (including phenoxy) is 1. The number of methoxy groups -OCH3 is 1. The van der Waals surface area contributed by atoms with E-state index in [0.29, 0.717) is 13.0 Å². The Morgan fingerprint density at radius 1 is 1.17 bits per heavy atom. The van der Waals surface area contributed by atoms with Gasteiger partial charge in [0.25, 0.3) is 0 Å². The van der Waals surface area contributed by atoms with Gasteiger partial charge in [-0.15, -0.1) is 0 Å². The number of carbonyl (C=O) groups is 3. The molecule has 3 fully saturated rings. The van der Waals surface area contributed by atoms with Crippen molar-refractivity contribution in [2.45, 2.75) is 85.0 Å². The summed E-state index contributed by atoms with van der Waals surface area (Å²) < 4.78 is 5.55. The van der Waals surface area contributed by atoms with Crippen LogP contribution in [0.15, 0.2) is 23.3 Å². The molecule has 4 aliphatic rings. The molecule has 0 aromatic rings. The Hall–Kier alpha value is -2.03. The van der Waals surface area contributed by atoms with Gasteiger partial charge in [-0.05, 0) is 42.2 Å². The normalized spacial score (nSPS) is 37.8. The number of aliphatic carboxylic acids is 2. The summed E-state index contributed by atoms with van der Waals surface area (Å²) in [4.78, 5) is 43.4. The minimum Gasteiger partial charge on any atom is -0.481 e. The number of Topliss-reactive ketones (excluding diaryl/α,β-unsaturated/α-hetero) is 1. The minimum absolute atomic E-state index is 0.0627. The molecule has 2 N–H and O–H groups in total. The third kappa shape index (κ3) is 3.96. The van der Waals surface area contributed by atoms with Crippen LogP contribution < -0.4 is 0 Å². The van der Waals surface area contributed by atoms with Gasteiger partial charge in [-0.3, -0.25) is 24.2 Å². The highest BCUT2D eigenvalue weighted by atomic mass is 16.5. The first-order valence-electron chi connectivity index (χ1n) is 13.1. The largest absolute Gasteiger partial charge is 0.481 e. The summed E-state index contributed by atoms with van der Waals surface area (Å²) in [7, 11) is 1.69. The second-order valence-electron chi connectivity index (χ2n) is 12.8. The van der Waals surface area contributed by atoms with E-state index in [1.807, 2.05) is 26.8 Å². The SMILES string of the molecule is CO[C@@H]1CCN(C2C=C3CC(C(C)C)N4CC(C(=O)O)(C(C)(C)C)C(=O)CC4C3=CC2(C)C(=O)O)C1. The fraction of sp³-hybridized carbons (Fsp3) is 0.750. The molecule has 0 spiro atoms. The Bertz CT molecular complexity index is 1010. The van der Waals surface area contributed by atoms with Crippen LogP contribution in [-0.4, -0.2) is 88.7 Å². The molecule has 0 aromatic carbocycles. The number of nitrogens with zero attached hydrogens (tertiary/aromatic N) is 2. The van der Waals surface area contributed by atoms with Gasteiger partial charge in [-0.2, -0.15) is 0 Å². The standard InChI is InChI=1S/C28H42N2O6/c1-16(2)20-10-17-11-22(29-9-8-18(14-29)36-7)27(6,24(32)33)13-19(17)21-12-23(31)28(25(34)35,15-30(20)21)26(3,4)5/h11,13,16,18,20-22H,8-10,12,14-15H2,1-7H3,(H,32,33)(H,34,35)/t18-,20?,21?,22?,27?,28?/m1/s1. The summed E-state index contributed by atoms with van der Waals surface area (Å²) in [6, 6.07) is -0.558. The first kappa shape index (κ1) is 27.0. The first-order chi connectivity index (χ1) is 16.7. The molecule has 5 unspecified atom stereocenters. The Kier molecular flexibility index (Phi) is 6.80. The maximum Gasteiger partial charge on any atom is 0.319 e. The van der Waals surface area contributed by atoms with Gasteiger partial charge >= 0.3 is 11.9 Å². The Morgan fingerprint density at radius 2 is 1.83 bits per heavy atom. The van der Waals surface area contributed by atoms with E-state index in [2.05, 4.69) is 29.7 Å². The zero-order chi connectivity index (χ0) is 26.8. The Labute approximate surface area is 214 Å². The van der Waals surface area contributed by atoms with E-state index in [9.17, 15) is 24.6 Å². The number of carboxylic acids is 2. The second kappa shape index (κ2) is 9.07. The highest BCUT2D eigenvalue weighted by Crippen LogP contribution is 2.52. The number of hydrogen-bond acceptors (Lipinski definition) is 6. The lowest BCUT2D eigenvalue weighted by atomic mass is 9.58. The smallest absolute Gasteiger partial charge is 0.319 e. The average molecular weight is 503 g/mol. The molecular formula is C28H42N2O6. The maximum atomic E-state index is 13.7. The van der Waals surface area contributed by atoms with E-state index in [4.69, 9.17) is 4.74 Å². The van der Waals surface area contributed by atoms with Gasteiger partial charge in [0, 0.05) is 51.3 Å². The van der Waals surface area contributed by atoms with Crippen LogP contribution in [-0.2, 0) is 19.1 Å². The number of rotatable bonds is 5. The van der Waals surface area contributed by atoms with E-state index in [-0.39, 0.29) is 48.9 Å². The van der Waals surface area contributed by atoms with Gasteiger partial charge in [-0.25, -0.2) is 0 Å². The molecule has 6 atom stereocenters. The van der Waals surface area contributed by atoms with Crippen LogP contribution >= 0.6 is 0 Å². The fourth-order valence-electron chi connectivity index (χ4n) is 7.03. The van der Waals surface area contributed by atoms with Gasteiger partial charge in [0.1, 0.15) is 10.8 Å². The molecule has 3 heterocycles. The van der Waals surface area contributed by atoms with Crippen molar-refractivity contribution in [3.63, 3.8) is 0 Å². The summed E-state index contributed by atoms with van der Waals surface area (Å²) >= 11 is 0. The molecule has 36 heavy (non-hydrogen) atoms. The molecular weight excluding hydrogens is 460 g/mol. The molecule has 200 valence electrons. The lowest BCUT2D eigenvalue weighted by molar-refractivity contribution is -0.172. The van der Waals surface area contributed by atoms with Crippen LogP contribution in [0.3, 0.4) is 0 Å². The van der Waals surface area contributed by atoms with Crippen LogP contribution in [0, 0.1) is 22.2 Å². The summed E-state index contributed by atoms with van der Waals surface area (Å²) in [5.41, 5.74) is -1.43. The summed E-state index contributed by atoms with van der Waals surface area (Å²) in [5, 5.41) is 20.7. The second-order valence-corrected chi connectivity index (χ2v) is 12.8. The van der Waals surface area contributed by atoms with Crippen LogP contribution in [0.1, 0.15) is 60.8 Å². The third-order valence-electron chi connectivity index (χ3n) is 9.47. The van der Waals surface area contributed by atoms with Gasteiger partial charge in [0.05, 0.1) is 6.10 Å². The maximum absolute atomic E-state index is 13.7. The number of fused-ring (bicyclic) bond motifs is 3. The van der Waals surface area contributed by atoms with E-state index >= 15 is 0 Å². The van der Waals surface area contributed by atoms with E-state index in [1.165, 1.54) is 0 Å². The number of carboxylic acid groups (broad SMARTS) is 2. The van der Waals surface area contributed by atoms with Crippen molar-refractivity contribution < 1.29 is 29.3 Å². The number of piperidine rings is 2. The molecule has 0 radical (unpaired) electrons. The molecule has 3 saturated heterocycles. The molecule has 0 bridgehead atoms. The monoisotopic (exact) mass is 502 g/mol. The number of ketones is 1. The molecule has 0 amide bonds. The van der Waals surface area contributed by atoms with Crippen LogP contribution in [0.25, 0.3) is 0 Å². The molecule has 3 aliphatic heterocycles. The minimum atomic E-state index is -1.50. The Morgan fingerprint density at radius 3 is 2.33 bits per heavy atom. The first-order valence-corrected chi connectivity index (χ1v) is 13.1. The summed E-state index contributed by atoms with van der Waals surface area (Å²) in [6.07, 6.45) is 5.75. The molecule has 1 aliphatic carbocycles. The summed E-state index contributed by atoms with van der Waals surface area (Å²) in [5.74, 6) is -2.00. The van der Waals surface area contributed by atoms with Crippen molar-refractivity contribution in [3.8, 4) is 0 Å². The highest BCUT2D eigenvalue weighted by Gasteiger charge is 2.61. The van der Waals surface area contributed by atoms with Crippen molar-refractivity contribution in [2.75, 3.05) is 26.7 Å². The van der Waals surface area contributed by atoms with Crippen molar-refractivity contribution in [1.29, 1.82) is 0 Å². The van der Waals surface area contributed by atoms with E-state index in [0.717, 1.165) is 24.1 Å². The van der Waals surface area contributed by atoms with Crippen LogP contribution in [0.2, 0.25) is 0 Å². The fourth-order valence-corrected chi connectivity index (χ4v) is 7.03. The van der Waals surface area contributed by atoms with E-state index < -0.39 is 28.2 Å². The zero-order valence-corrected chi connectivity index (χ0v) is 22.7. The van der Waals surface area contributed by atoms with Crippen LogP contribution in [0.5, 0.6) is 0 Å². The van der Waals surface area contributed by atoms with Gasteiger partial charge in [0.2, 0.25) is 0 Å². The van der Waals surface area contributed by atoms with Crippen molar-refractivity contribution >= 4 is 17.7 Å². The number of likely N-dealkylation sites (tertiary alicyclic amines) is 1. The topological polar surface area (TPSA) is 107 Å². The van der Waals surface area contributed by atoms with Crippen molar-refractivity contribution in [2.24, 2.45) is 22.2 Å². The lowest BCUT2D eigenvalue weighted by Crippen LogP contribution is -2.67. The predicted molar refractivity (Wildman–Crippen MR) is 136 cm³/mol. The van der Waals surface area contributed by atoms with Crippen molar-refractivity contribution in [1.82, 2.24) is 9.80 Å². The molecule has 0 saturated carbocycles. The number of carbonyl (C=O) groups excluding carboxylic acids is 1. The zero-order valence-electron chi connectivity index (χ0n) is 22.7. The molecule has 8 nitrogen and oxygen atoms in total. The molecule has 4 rings (SSSR count). The van der Waals surface area contributed by atoms with Crippen LogP contribution in [0.4, 0.5) is 0 Å². The van der Waals surface area contributed by atoms with Crippen molar-refractivity contribution in [3.05, 3.63) is 23.3 Å². The quantitative estimate of drug-likeness (QED) is 0.552. The number of hydrogen-bond donors (Lipinski definition) is 2. The summed E-state index contributed by atoms with van der Waals surface area (Å²) in [6.45, 7) is 13.1. The third-order valence-corrected chi connectivity index (χ3v) is 9.47. The lowest BCUT2D eigenvalue weighted by Gasteiger charge is -2.56. The Balaban J connectivity index is 1.79. The molecule has 8 heteroatoms. The van der Waals surface area contributed by atoms with Gasteiger partial charge in [0.15, 0.2) is 5.78 Å². The highest BCUT2D eigenvalue weighted by molar-refractivity contribution is 6.05. The molecule has 0 aromatic heterocycles. The van der Waals surface area contributed by atoms with Gasteiger partial charge < -0.3 is 14.9 Å². The van der Waals surface area contributed by atoms with E-state index in [1.54, 1.807) is 14.0 Å². The predicted octanol–water partition coefficient (Wildman–Crippen LogP) is 3.22. The average Bonchev–Trinajstić information content (AvgIpc) is 3.25.